The lowest BCUT2D eigenvalue weighted by atomic mass is 10.1. The van der Waals surface area contributed by atoms with E-state index < -0.39 is 0 Å². The number of rotatable bonds is 3. The zero-order valence-corrected chi connectivity index (χ0v) is 14.1. The molecular formula is C20H20FN3O. The third-order valence-electron chi connectivity index (χ3n) is 4.84. The third-order valence-corrected chi connectivity index (χ3v) is 4.84. The molecule has 2 heterocycles. The monoisotopic (exact) mass is 337 g/mol. The standard InChI is InChI=1S/C20H20FN3O/c1-13-17-12-14(21)4-9-18(17)23-19(13)20(25)22-15-5-7-16(8-6-15)24-10-2-3-11-24/h4-9,12,23H,2-3,10-11H2,1H3,(H,22,25). The van der Waals surface area contributed by atoms with Gasteiger partial charge in [0, 0.05) is 35.4 Å². The van der Waals surface area contributed by atoms with Gasteiger partial charge in [0.1, 0.15) is 11.5 Å². The summed E-state index contributed by atoms with van der Waals surface area (Å²) in [5.74, 6) is -0.526. The van der Waals surface area contributed by atoms with Crippen LogP contribution in [0.2, 0.25) is 0 Å². The maximum Gasteiger partial charge on any atom is 0.272 e. The average molecular weight is 337 g/mol. The first-order valence-corrected chi connectivity index (χ1v) is 8.56. The summed E-state index contributed by atoms with van der Waals surface area (Å²) in [4.78, 5) is 18.0. The van der Waals surface area contributed by atoms with E-state index in [9.17, 15) is 9.18 Å². The molecule has 4 rings (SSSR count). The van der Waals surface area contributed by atoms with E-state index in [2.05, 4.69) is 15.2 Å². The zero-order valence-electron chi connectivity index (χ0n) is 14.1. The molecule has 0 unspecified atom stereocenters. The number of hydrogen-bond donors (Lipinski definition) is 2. The molecule has 1 saturated heterocycles. The number of aromatic nitrogens is 1. The number of hydrogen-bond acceptors (Lipinski definition) is 2. The van der Waals surface area contributed by atoms with E-state index in [4.69, 9.17) is 0 Å². The Kier molecular flexibility index (Phi) is 3.92. The number of amides is 1. The molecule has 0 spiro atoms. The molecule has 128 valence electrons. The van der Waals surface area contributed by atoms with Crippen molar-refractivity contribution >= 4 is 28.2 Å². The minimum absolute atomic E-state index is 0.219. The Morgan fingerprint density at radius 3 is 2.56 bits per heavy atom. The van der Waals surface area contributed by atoms with Crippen molar-refractivity contribution in [2.45, 2.75) is 19.8 Å². The van der Waals surface area contributed by atoms with Crippen LogP contribution in [0, 0.1) is 12.7 Å². The second-order valence-corrected chi connectivity index (χ2v) is 6.51. The van der Waals surface area contributed by atoms with Gasteiger partial charge in [-0.1, -0.05) is 0 Å². The summed E-state index contributed by atoms with van der Waals surface area (Å²) < 4.78 is 13.4. The predicted molar refractivity (Wildman–Crippen MR) is 98.8 cm³/mol. The minimum atomic E-state index is -0.306. The fourth-order valence-electron chi connectivity index (χ4n) is 3.45. The number of benzene rings is 2. The first-order chi connectivity index (χ1) is 12.1. The van der Waals surface area contributed by atoms with Crippen molar-refractivity contribution in [1.82, 2.24) is 4.98 Å². The lowest BCUT2D eigenvalue weighted by Gasteiger charge is -2.17. The maximum absolute atomic E-state index is 13.4. The highest BCUT2D eigenvalue weighted by Gasteiger charge is 2.16. The Hall–Kier alpha value is -2.82. The number of nitrogens with one attached hydrogen (secondary N) is 2. The topological polar surface area (TPSA) is 48.1 Å². The number of carbonyl (C=O) groups is 1. The summed E-state index contributed by atoms with van der Waals surface area (Å²) >= 11 is 0. The van der Waals surface area contributed by atoms with Crippen LogP contribution in [-0.4, -0.2) is 24.0 Å². The number of H-pyrrole nitrogens is 1. The number of aryl methyl sites for hydroxylation is 1. The maximum atomic E-state index is 13.4. The second-order valence-electron chi connectivity index (χ2n) is 6.51. The summed E-state index contributed by atoms with van der Waals surface area (Å²) in [5, 5.41) is 3.64. The molecule has 4 nitrogen and oxygen atoms in total. The summed E-state index contributed by atoms with van der Waals surface area (Å²) in [6.45, 7) is 4.01. The van der Waals surface area contributed by atoms with E-state index in [-0.39, 0.29) is 11.7 Å². The van der Waals surface area contributed by atoms with Gasteiger partial charge >= 0.3 is 0 Å². The van der Waals surface area contributed by atoms with Crippen LogP contribution in [-0.2, 0) is 0 Å². The van der Waals surface area contributed by atoms with E-state index in [1.807, 2.05) is 31.2 Å². The Balaban J connectivity index is 1.54. The van der Waals surface area contributed by atoms with E-state index >= 15 is 0 Å². The van der Waals surface area contributed by atoms with Crippen molar-refractivity contribution < 1.29 is 9.18 Å². The van der Waals surface area contributed by atoms with E-state index in [1.165, 1.54) is 30.7 Å². The van der Waals surface area contributed by atoms with Gasteiger partial charge in [-0.25, -0.2) is 4.39 Å². The molecule has 25 heavy (non-hydrogen) atoms. The van der Waals surface area contributed by atoms with Crippen LogP contribution in [0.15, 0.2) is 42.5 Å². The summed E-state index contributed by atoms with van der Waals surface area (Å²) in [5.41, 5.74) is 3.91. The quantitative estimate of drug-likeness (QED) is 0.741. The van der Waals surface area contributed by atoms with Crippen LogP contribution in [0.25, 0.3) is 10.9 Å². The third kappa shape index (κ3) is 2.97. The van der Waals surface area contributed by atoms with Crippen LogP contribution < -0.4 is 10.2 Å². The number of halogens is 1. The van der Waals surface area contributed by atoms with Gasteiger partial charge in [-0.15, -0.1) is 0 Å². The van der Waals surface area contributed by atoms with Crippen LogP contribution in [0.5, 0.6) is 0 Å². The van der Waals surface area contributed by atoms with Crippen molar-refractivity contribution in [2.24, 2.45) is 0 Å². The molecule has 1 aliphatic rings. The summed E-state index contributed by atoms with van der Waals surface area (Å²) in [6, 6.07) is 12.4. The number of carbonyl (C=O) groups excluding carboxylic acids is 1. The minimum Gasteiger partial charge on any atom is -0.372 e. The molecule has 0 atom stereocenters. The van der Waals surface area contributed by atoms with Gasteiger partial charge in [0.2, 0.25) is 0 Å². The molecule has 5 heteroatoms. The Bertz CT molecular complexity index is 924. The smallest absolute Gasteiger partial charge is 0.272 e. The van der Waals surface area contributed by atoms with Crippen molar-refractivity contribution in [3.63, 3.8) is 0 Å². The van der Waals surface area contributed by atoms with E-state index in [0.717, 1.165) is 35.2 Å². The SMILES string of the molecule is Cc1c(C(=O)Nc2ccc(N3CCCC3)cc2)[nH]c2ccc(F)cc12. The van der Waals surface area contributed by atoms with Crippen LogP contribution in [0.4, 0.5) is 15.8 Å². The van der Waals surface area contributed by atoms with Crippen molar-refractivity contribution in [3.8, 4) is 0 Å². The van der Waals surface area contributed by atoms with Gasteiger partial charge in [0.05, 0.1) is 0 Å². The van der Waals surface area contributed by atoms with Gasteiger partial charge in [-0.05, 0) is 67.8 Å². The molecule has 1 aliphatic heterocycles. The first kappa shape index (κ1) is 15.7. The van der Waals surface area contributed by atoms with Crippen LogP contribution in [0.1, 0.15) is 28.9 Å². The average Bonchev–Trinajstić information content (AvgIpc) is 3.25. The fourth-order valence-corrected chi connectivity index (χ4v) is 3.45. The fraction of sp³-hybridized carbons (Fsp3) is 0.250. The number of aromatic amines is 1. The highest BCUT2D eigenvalue weighted by atomic mass is 19.1. The molecule has 0 radical (unpaired) electrons. The largest absolute Gasteiger partial charge is 0.372 e. The molecular weight excluding hydrogens is 317 g/mol. The zero-order chi connectivity index (χ0) is 17.4. The van der Waals surface area contributed by atoms with Crippen molar-refractivity contribution in [2.75, 3.05) is 23.3 Å². The van der Waals surface area contributed by atoms with E-state index in [0.29, 0.717) is 5.69 Å². The van der Waals surface area contributed by atoms with Gasteiger partial charge in [0.15, 0.2) is 0 Å². The molecule has 1 fully saturated rings. The first-order valence-electron chi connectivity index (χ1n) is 8.56. The lowest BCUT2D eigenvalue weighted by Crippen LogP contribution is -2.17. The number of anilines is 2. The molecule has 1 aromatic heterocycles. The predicted octanol–water partition coefficient (Wildman–Crippen LogP) is 4.47. The molecule has 0 bridgehead atoms. The van der Waals surface area contributed by atoms with Crippen LogP contribution in [0.3, 0.4) is 0 Å². The molecule has 2 aromatic carbocycles. The van der Waals surface area contributed by atoms with Gasteiger partial charge in [-0.2, -0.15) is 0 Å². The number of fused-ring (bicyclic) bond motifs is 1. The van der Waals surface area contributed by atoms with Crippen molar-refractivity contribution in [3.05, 3.63) is 59.5 Å². The Labute approximate surface area is 145 Å². The highest BCUT2D eigenvalue weighted by molar-refractivity contribution is 6.07. The second kappa shape index (κ2) is 6.24. The highest BCUT2D eigenvalue weighted by Crippen LogP contribution is 2.25. The van der Waals surface area contributed by atoms with Gasteiger partial charge < -0.3 is 15.2 Å². The number of nitrogens with zero attached hydrogens (tertiary/aromatic N) is 1. The summed E-state index contributed by atoms with van der Waals surface area (Å²) in [6.07, 6.45) is 2.47. The molecule has 3 aromatic rings. The molecule has 0 saturated carbocycles. The van der Waals surface area contributed by atoms with Gasteiger partial charge in [-0.3, -0.25) is 4.79 Å². The van der Waals surface area contributed by atoms with Crippen LogP contribution >= 0.6 is 0 Å². The van der Waals surface area contributed by atoms with E-state index in [1.54, 1.807) is 6.07 Å². The lowest BCUT2D eigenvalue weighted by molar-refractivity contribution is 0.102. The van der Waals surface area contributed by atoms with Crippen molar-refractivity contribution in [1.29, 1.82) is 0 Å². The van der Waals surface area contributed by atoms with Gasteiger partial charge in [0.25, 0.3) is 5.91 Å². The Morgan fingerprint density at radius 2 is 1.84 bits per heavy atom. The molecule has 2 N–H and O–H groups in total. The molecule has 1 amide bonds. The molecule has 0 aliphatic carbocycles. The Morgan fingerprint density at radius 1 is 1.12 bits per heavy atom. The summed E-state index contributed by atoms with van der Waals surface area (Å²) in [7, 11) is 0. The normalized spacial score (nSPS) is 14.2.